The van der Waals surface area contributed by atoms with E-state index in [1.165, 1.54) is 0 Å². The number of hydrogen-bond donors (Lipinski definition) is 1. The summed E-state index contributed by atoms with van der Waals surface area (Å²) >= 11 is 0. The first-order valence-electron chi connectivity index (χ1n) is 6.44. The molecule has 108 valence electrons. The van der Waals surface area contributed by atoms with Crippen LogP contribution >= 0.6 is 0 Å². The largest absolute Gasteiger partial charge is 0.484 e. The summed E-state index contributed by atoms with van der Waals surface area (Å²) < 4.78 is 7.09. The first-order chi connectivity index (χ1) is 10.0. The summed E-state index contributed by atoms with van der Waals surface area (Å²) in [6.07, 6.45) is 0. The number of nitriles is 1. The first-order valence-corrected chi connectivity index (χ1v) is 6.44. The molecule has 0 fully saturated rings. The molecule has 1 N–H and O–H groups in total. The molecule has 0 aliphatic carbocycles. The van der Waals surface area contributed by atoms with Gasteiger partial charge in [0.25, 0.3) is 5.91 Å². The van der Waals surface area contributed by atoms with Gasteiger partial charge in [-0.25, -0.2) is 0 Å². The molecule has 21 heavy (non-hydrogen) atoms. The number of aromatic nitrogens is 2. The molecule has 0 atom stereocenters. The van der Waals surface area contributed by atoms with Gasteiger partial charge in [0.15, 0.2) is 6.61 Å². The van der Waals surface area contributed by atoms with Gasteiger partial charge < -0.3 is 10.1 Å². The molecule has 0 aliphatic rings. The highest BCUT2D eigenvalue weighted by atomic mass is 16.5. The van der Waals surface area contributed by atoms with Gasteiger partial charge in [0, 0.05) is 7.05 Å². The second-order valence-electron chi connectivity index (χ2n) is 4.64. The molecule has 1 aromatic heterocycles. The van der Waals surface area contributed by atoms with Gasteiger partial charge in [-0.3, -0.25) is 9.48 Å². The molecular weight excluding hydrogens is 268 g/mol. The van der Waals surface area contributed by atoms with E-state index in [9.17, 15) is 4.79 Å². The van der Waals surface area contributed by atoms with Crippen LogP contribution in [0.5, 0.6) is 5.75 Å². The molecule has 2 aromatic rings. The topological polar surface area (TPSA) is 79.9 Å². The minimum absolute atomic E-state index is 0.0975. The maximum atomic E-state index is 11.9. The third kappa shape index (κ3) is 3.39. The van der Waals surface area contributed by atoms with Crippen LogP contribution in [-0.4, -0.2) is 22.3 Å². The maximum Gasteiger partial charge on any atom is 0.262 e. The van der Waals surface area contributed by atoms with Gasteiger partial charge in [-0.1, -0.05) is 0 Å². The van der Waals surface area contributed by atoms with Gasteiger partial charge in [0.05, 0.1) is 28.7 Å². The molecule has 2 rings (SSSR count). The van der Waals surface area contributed by atoms with E-state index in [4.69, 9.17) is 10.00 Å². The molecule has 1 amide bonds. The van der Waals surface area contributed by atoms with Crippen molar-refractivity contribution in [2.24, 2.45) is 7.05 Å². The lowest BCUT2D eigenvalue weighted by atomic mass is 10.2. The van der Waals surface area contributed by atoms with E-state index in [1.807, 2.05) is 27.0 Å². The zero-order chi connectivity index (χ0) is 15.4. The van der Waals surface area contributed by atoms with Crippen molar-refractivity contribution in [3.63, 3.8) is 0 Å². The van der Waals surface area contributed by atoms with Crippen LogP contribution in [0.1, 0.15) is 17.0 Å². The fourth-order valence-corrected chi connectivity index (χ4v) is 1.90. The molecule has 1 aromatic carbocycles. The van der Waals surface area contributed by atoms with Crippen molar-refractivity contribution < 1.29 is 9.53 Å². The quantitative estimate of drug-likeness (QED) is 0.930. The van der Waals surface area contributed by atoms with Crippen LogP contribution in [0.3, 0.4) is 0 Å². The first kappa shape index (κ1) is 14.6. The Morgan fingerprint density at radius 1 is 1.38 bits per heavy atom. The number of anilines is 1. The van der Waals surface area contributed by atoms with Gasteiger partial charge in [-0.05, 0) is 38.1 Å². The van der Waals surface area contributed by atoms with Gasteiger partial charge in [0.1, 0.15) is 5.75 Å². The SMILES string of the molecule is Cc1nn(C)c(C)c1NC(=O)COc1ccc(C#N)cc1. The van der Waals surface area contributed by atoms with Crippen molar-refractivity contribution >= 4 is 11.6 Å². The van der Waals surface area contributed by atoms with Crippen LogP contribution in [-0.2, 0) is 11.8 Å². The Morgan fingerprint density at radius 3 is 2.57 bits per heavy atom. The fraction of sp³-hybridized carbons (Fsp3) is 0.267. The summed E-state index contributed by atoms with van der Waals surface area (Å²) in [5.74, 6) is 0.294. The van der Waals surface area contributed by atoms with E-state index >= 15 is 0 Å². The minimum Gasteiger partial charge on any atom is -0.484 e. The van der Waals surface area contributed by atoms with Gasteiger partial charge in [-0.15, -0.1) is 0 Å². The standard InChI is InChI=1S/C15H16N4O2/c1-10-15(11(2)19(3)18-10)17-14(20)9-21-13-6-4-12(8-16)5-7-13/h4-7H,9H2,1-3H3,(H,17,20). The number of carbonyl (C=O) groups excluding carboxylic acids is 1. The van der Waals surface area contributed by atoms with E-state index in [0.717, 1.165) is 11.4 Å². The van der Waals surface area contributed by atoms with Gasteiger partial charge >= 0.3 is 0 Å². The summed E-state index contributed by atoms with van der Waals surface area (Å²) in [4.78, 5) is 11.9. The zero-order valence-electron chi connectivity index (χ0n) is 12.2. The van der Waals surface area contributed by atoms with E-state index in [1.54, 1.807) is 28.9 Å². The highest BCUT2D eigenvalue weighted by molar-refractivity contribution is 5.93. The highest BCUT2D eigenvalue weighted by Crippen LogP contribution is 2.18. The van der Waals surface area contributed by atoms with Crippen molar-refractivity contribution in [2.75, 3.05) is 11.9 Å². The van der Waals surface area contributed by atoms with Crippen molar-refractivity contribution in [3.8, 4) is 11.8 Å². The number of carbonyl (C=O) groups is 1. The van der Waals surface area contributed by atoms with Gasteiger partial charge in [-0.2, -0.15) is 10.4 Å². The van der Waals surface area contributed by atoms with E-state index in [0.29, 0.717) is 17.0 Å². The summed E-state index contributed by atoms with van der Waals surface area (Å²) in [5, 5.41) is 15.7. The average molecular weight is 284 g/mol. The van der Waals surface area contributed by atoms with Crippen LogP contribution < -0.4 is 10.1 Å². The highest BCUT2D eigenvalue weighted by Gasteiger charge is 2.12. The van der Waals surface area contributed by atoms with Crippen LogP contribution in [0.15, 0.2) is 24.3 Å². The lowest BCUT2D eigenvalue weighted by Crippen LogP contribution is -2.20. The van der Waals surface area contributed by atoms with Crippen LogP contribution in [0.2, 0.25) is 0 Å². The Labute approximate surface area is 123 Å². The molecule has 0 radical (unpaired) electrons. The number of amides is 1. The fourth-order valence-electron chi connectivity index (χ4n) is 1.90. The number of aryl methyl sites for hydroxylation is 2. The summed E-state index contributed by atoms with van der Waals surface area (Å²) in [6, 6.07) is 8.62. The second-order valence-corrected chi connectivity index (χ2v) is 4.64. The lowest BCUT2D eigenvalue weighted by molar-refractivity contribution is -0.118. The third-order valence-corrected chi connectivity index (χ3v) is 3.13. The second kappa shape index (κ2) is 6.09. The molecule has 0 spiro atoms. The molecule has 1 heterocycles. The molecule has 6 nitrogen and oxygen atoms in total. The Morgan fingerprint density at radius 2 is 2.05 bits per heavy atom. The Kier molecular flexibility index (Phi) is 4.24. The molecular formula is C15H16N4O2. The number of nitrogens with zero attached hydrogens (tertiary/aromatic N) is 3. The number of hydrogen-bond acceptors (Lipinski definition) is 4. The predicted octanol–water partition coefficient (Wildman–Crippen LogP) is 1.93. The number of ether oxygens (including phenoxy) is 1. The van der Waals surface area contributed by atoms with E-state index in [-0.39, 0.29) is 12.5 Å². The van der Waals surface area contributed by atoms with Crippen molar-refractivity contribution in [1.29, 1.82) is 5.26 Å². The van der Waals surface area contributed by atoms with Gasteiger partial charge in [0.2, 0.25) is 0 Å². The molecule has 6 heteroatoms. The Balaban J connectivity index is 1.94. The van der Waals surface area contributed by atoms with Crippen LogP contribution in [0.4, 0.5) is 5.69 Å². The lowest BCUT2D eigenvalue weighted by Gasteiger charge is -2.08. The van der Waals surface area contributed by atoms with Crippen LogP contribution in [0.25, 0.3) is 0 Å². The van der Waals surface area contributed by atoms with E-state index < -0.39 is 0 Å². The summed E-state index contributed by atoms with van der Waals surface area (Å²) in [7, 11) is 1.82. The normalized spacial score (nSPS) is 10.0. The van der Waals surface area contributed by atoms with E-state index in [2.05, 4.69) is 10.4 Å². The smallest absolute Gasteiger partial charge is 0.262 e. The summed E-state index contributed by atoms with van der Waals surface area (Å²) in [5.41, 5.74) is 2.92. The molecule has 0 aliphatic heterocycles. The summed E-state index contributed by atoms with van der Waals surface area (Å²) in [6.45, 7) is 3.63. The molecule has 0 unspecified atom stereocenters. The minimum atomic E-state index is -0.251. The van der Waals surface area contributed by atoms with Crippen molar-refractivity contribution in [2.45, 2.75) is 13.8 Å². The molecule has 0 saturated heterocycles. The number of benzene rings is 1. The Bertz CT molecular complexity index is 696. The third-order valence-electron chi connectivity index (χ3n) is 3.13. The predicted molar refractivity (Wildman–Crippen MR) is 78.0 cm³/mol. The average Bonchev–Trinajstić information content (AvgIpc) is 2.72. The number of nitrogens with one attached hydrogen (secondary N) is 1. The number of rotatable bonds is 4. The van der Waals surface area contributed by atoms with Crippen molar-refractivity contribution in [1.82, 2.24) is 9.78 Å². The van der Waals surface area contributed by atoms with Crippen LogP contribution in [0, 0.1) is 25.2 Å². The monoisotopic (exact) mass is 284 g/mol. The zero-order valence-corrected chi connectivity index (χ0v) is 12.2. The maximum absolute atomic E-state index is 11.9. The van der Waals surface area contributed by atoms with Crippen molar-refractivity contribution in [3.05, 3.63) is 41.2 Å². The molecule has 0 saturated carbocycles. The molecule has 0 bridgehead atoms. The Hall–Kier alpha value is -2.81.